The molecular formula is C16H21NO4. The number of carbonyl (C=O) groups is 2. The Bertz CT molecular complexity index is 541. The van der Waals surface area contributed by atoms with E-state index in [4.69, 9.17) is 9.84 Å². The molecule has 0 unspecified atom stereocenters. The number of aryl methyl sites for hydroxylation is 2. The average molecular weight is 291 g/mol. The Hall–Kier alpha value is -2.04. The van der Waals surface area contributed by atoms with E-state index in [1.165, 1.54) is 0 Å². The first-order valence-electron chi connectivity index (χ1n) is 7.19. The molecule has 21 heavy (non-hydrogen) atoms. The maximum atomic E-state index is 11.9. The lowest BCUT2D eigenvalue weighted by Gasteiger charge is -2.18. The van der Waals surface area contributed by atoms with E-state index in [-0.39, 0.29) is 18.6 Å². The first kappa shape index (κ1) is 15.4. The molecule has 1 aromatic carbocycles. The summed E-state index contributed by atoms with van der Waals surface area (Å²) in [6.07, 6.45) is 2.17. The molecule has 1 amide bonds. The summed E-state index contributed by atoms with van der Waals surface area (Å²) in [6.45, 7) is 3.79. The van der Waals surface area contributed by atoms with Crippen LogP contribution in [-0.4, -0.2) is 29.6 Å². The second kappa shape index (κ2) is 6.61. The van der Waals surface area contributed by atoms with E-state index in [0.717, 1.165) is 17.5 Å². The van der Waals surface area contributed by atoms with Crippen LogP contribution in [0.1, 0.15) is 30.4 Å². The summed E-state index contributed by atoms with van der Waals surface area (Å²) in [7, 11) is 0. The average Bonchev–Trinajstić information content (AvgIpc) is 2.88. The fourth-order valence-electron chi connectivity index (χ4n) is 2.68. The Balaban J connectivity index is 1.87. The van der Waals surface area contributed by atoms with E-state index in [0.29, 0.717) is 18.6 Å². The highest BCUT2D eigenvalue weighted by molar-refractivity contribution is 5.79. The number of carbonyl (C=O) groups excluding carboxylic acids is 1. The predicted molar refractivity (Wildman–Crippen MR) is 78.3 cm³/mol. The van der Waals surface area contributed by atoms with Crippen molar-refractivity contribution in [1.82, 2.24) is 5.32 Å². The molecule has 2 N–H and O–H groups in total. The molecule has 1 aliphatic carbocycles. The molecule has 1 aromatic rings. The largest absolute Gasteiger partial charge is 0.483 e. The maximum Gasteiger partial charge on any atom is 0.308 e. The third-order valence-electron chi connectivity index (χ3n) is 3.88. The van der Waals surface area contributed by atoms with Crippen LogP contribution in [0.5, 0.6) is 5.75 Å². The van der Waals surface area contributed by atoms with Crippen molar-refractivity contribution >= 4 is 11.9 Å². The molecule has 1 aliphatic rings. The molecule has 0 aliphatic heterocycles. The van der Waals surface area contributed by atoms with Gasteiger partial charge in [-0.25, -0.2) is 0 Å². The van der Waals surface area contributed by atoms with Gasteiger partial charge in [-0.05, 0) is 43.9 Å². The molecule has 0 radical (unpaired) electrons. The predicted octanol–water partition coefficient (Wildman–Crippen LogP) is 2.05. The van der Waals surface area contributed by atoms with Crippen molar-refractivity contribution in [1.29, 1.82) is 0 Å². The van der Waals surface area contributed by atoms with E-state index in [9.17, 15) is 9.59 Å². The minimum atomic E-state index is -0.840. The van der Waals surface area contributed by atoms with Crippen LogP contribution in [0.3, 0.4) is 0 Å². The first-order valence-corrected chi connectivity index (χ1v) is 7.19. The quantitative estimate of drug-likeness (QED) is 0.870. The molecule has 2 rings (SSSR count). The molecular weight excluding hydrogens is 270 g/mol. The molecule has 1 saturated carbocycles. The summed E-state index contributed by atoms with van der Waals surface area (Å²) in [5, 5.41) is 11.9. The molecule has 114 valence electrons. The van der Waals surface area contributed by atoms with Gasteiger partial charge in [0.1, 0.15) is 5.75 Å². The molecule has 1 fully saturated rings. The zero-order valence-electron chi connectivity index (χ0n) is 12.4. The van der Waals surface area contributed by atoms with Gasteiger partial charge in [-0.1, -0.05) is 18.6 Å². The van der Waals surface area contributed by atoms with Crippen LogP contribution >= 0.6 is 0 Å². The summed E-state index contributed by atoms with van der Waals surface area (Å²) in [6, 6.07) is 5.54. The summed E-state index contributed by atoms with van der Waals surface area (Å²) in [5.41, 5.74) is 2.04. The Morgan fingerprint density at radius 3 is 2.81 bits per heavy atom. The molecule has 0 bridgehead atoms. The van der Waals surface area contributed by atoms with Crippen LogP contribution in [0.4, 0.5) is 0 Å². The number of rotatable bonds is 5. The first-order chi connectivity index (χ1) is 9.97. The van der Waals surface area contributed by atoms with Gasteiger partial charge in [0.15, 0.2) is 6.61 Å². The summed E-state index contributed by atoms with van der Waals surface area (Å²) in [4.78, 5) is 23.0. The minimum Gasteiger partial charge on any atom is -0.483 e. The standard InChI is InChI=1S/C16H21NO4/c1-10-6-7-11(2)14(8-10)21-9-15(18)17-13-5-3-4-12(13)16(19)20/h6-8,12-13H,3-5,9H2,1-2H3,(H,17,18)(H,19,20)/t12-,13+/m0/s1. The van der Waals surface area contributed by atoms with E-state index < -0.39 is 11.9 Å². The van der Waals surface area contributed by atoms with Gasteiger partial charge in [0.2, 0.25) is 0 Å². The Morgan fingerprint density at radius 1 is 1.33 bits per heavy atom. The lowest BCUT2D eigenvalue weighted by molar-refractivity contribution is -0.142. The highest BCUT2D eigenvalue weighted by Gasteiger charge is 2.33. The number of hydrogen-bond acceptors (Lipinski definition) is 3. The third kappa shape index (κ3) is 3.97. The molecule has 0 saturated heterocycles. The van der Waals surface area contributed by atoms with Crippen molar-refractivity contribution < 1.29 is 19.4 Å². The van der Waals surface area contributed by atoms with Crippen molar-refractivity contribution in [3.05, 3.63) is 29.3 Å². The number of benzene rings is 1. The van der Waals surface area contributed by atoms with Gasteiger partial charge in [0, 0.05) is 6.04 Å². The highest BCUT2D eigenvalue weighted by atomic mass is 16.5. The van der Waals surface area contributed by atoms with Gasteiger partial charge in [0.05, 0.1) is 5.92 Å². The molecule has 0 heterocycles. The zero-order valence-corrected chi connectivity index (χ0v) is 12.4. The molecule has 5 heteroatoms. The highest BCUT2D eigenvalue weighted by Crippen LogP contribution is 2.25. The minimum absolute atomic E-state index is 0.0901. The molecule has 5 nitrogen and oxygen atoms in total. The van der Waals surface area contributed by atoms with E-state index in [1.54, 1.807) is 0 Å². The fourth-order valence-corrected chi connectivity index (χ4v) is 2.68. The fraction of sp³-hybridized carbons (Fsp3) is 0.500. The van der Waals surface area contributed by atoms with Crippen molar-refractivity contribution in [2.75, 3.05) is 6.61 Å². The topological polar surface area (TPSA) is 75.6 Å². The lowest BCUT2D eigenvalue weighted by Crippen LogP contribution is -2.42. The SMILES string of the molecule is Cc1ccc(C)c(OCC(=O)N[C@@H]2CCC[C@@H]2C(=O)O)c1. The van der Waals surface area contributed by atoms with E-state index in [2.05, 4.69) is 5.32 Å². The number of carboxylic acids is 1. The summed E-state index contributed by atoms with van der Waals surface area (Å²) >= 11 is 0. The van der Waals surface area contributed by atoms with Gasteiger partial charge < -0.3 is 15.2 Å². The van der Waals surface area contributed by atoms with Crippen molar-refractivity contribution in [3.63, 3.8) is 0 Å². The number of nitrogens with one attached hydrogen (secondary N) is 1. The lowest BCUT2D eigenvalue weighted by atomic mass is 10.0. The molecule has 2 atom stereocenters. The number of amides is 1. The normalized spacial score (nSPS) is 21.0. The Labute approximate surface area is 124 Å². The van der Waals surface area contributed by atoms with Gasteiger partial charge in [0.25, 0.3) is 5.91 Å². The number of carboxylic acid groups (broad SMARTS) is 1. The van der Waals surface area contributed by atoms with Crippen molar-refractivity contribution in [2.24, 2.45) is 5.92 Å². The van der Waals surface area contributed by atoms with Crippen molar-refractivity contribution in [2.45, 2.75) is 39.2 Å². The van der Waals surface area contributed by atoms with E-state index >= 15 is 0 Å². The maximum absolute atomic E-state index is 11.9. The third-order valence-corrected chi connectivity index (χ3v) is 3.88. The van der Waals surface area contributed by atoms with Crippen LogP contribution in [0.2, 0.25) is 0 Å². The number of hydrogen-bond donors (Lipinski definition) is 2. The van der Waals surface area contributed by atoms with Crippen LogP contribution in [0, 0.1) is 19.8 Å². The summed E-state index contributed by atoms with van der Waals surface area (Å²) < 4.78 is 5.53. The van der Waals surface area contributed by atoms with Gasteiger partial charge in [-0.3, -0.25) is 9.59 Å². The number of ether oxygens (including phenoxy) is 1. The second-order valence-corrected chi connectivity index (χ2v) is 5.61. The molecule has 0 spiro atoms. The smallest absolute Gasteiger partial charge is 0.308 e. The number of aliphatic carboxylic acids is 1. The summed E-state index contributed by atoms with van der Waals surface area (Å²) in [5.74, 6) is -0.900. The van der Waals surface area contributed by atoms with Crippen LogP contribution in [-0.2, 0) is 9.59 Å². The van der Waals surface area contributed by atoms with Gasteiger partial charge >= 0.3 is 5.97 Å². The monoisotopic (exact) mass is 291 g/mol. The van der Waals surface area contributed by atoms with Crippen LogP contribution < -0.4 is 10.1 Å². The Morgan fingerprint density at radius 2 is 2.10 bits per heavy atom. The van der Waals surface area contributed by atoms with Crippen LogP contribution in [0.25, 0.3) is 0 Å². The second-order valence-electron chi connectivity index (χ2n) is 5.61. The van der Waals surface area contributed by atoms with Gasteiger partial charge in [-0.2, -0.15) is 0 Å². The van der Waals surface area contributed by atoms with Gasteiger partial charge in [-0.15, -0.1) is 0 Å². The van der Waals surface area contributed by atoms with Crippen LogP contribution in [0.15, 0.2) is 18.2 Å². The van der Waals surface area contributed by atoms with E-state index in [1.807, 2.05) is 32.0 Å². The molecule has 0 aromatic heterocycles. The Kier molecular flexibility index (Phi) is 4.83. The zero-order chi connectivity index (χ0) is 15.4. The van der Waals surface area contributed by atoms with Crippen molar-refractivity contribution in [3.8, 4) is 5.75 Å².